The van der Waals surface area contributed by atoms with Crippen molar-refractivity contribution in [2.45, 2.75) is 38.1 Å². The molecule has 16 heavy (non-hydrogen) atoms. The third kappa shape index (κ3) is 9.23. The molecule has 8 heteroatoms. The Hall–Kier alpha value is -0.0100. The number of nitrogens with two attached hydrogens (primary N) is 4. The van der Waals surface area contributed by atoms with Gasteiger partial charge in [0.25, 0.3) is 0 Å². The predicted molar refractivity (Wildman–Crippen MR) is 63.7 cm³/mol. The fraction of sp³-hybridized carbons (Fsp3) is 1.00. The van der Waals surface area contributed by atoms with Gasteiger partial charge in [0.2, 0.25) is 0 Å². The molecule has 0 aliphatic heterocycles. The van der Waals surface area contributed by atoms with Gasteiger partial charge in [0.1, 0.15) is 12.5 Å². The van der Waals surface area contributed by atoms with Crippen LogP contribution in [-0.4, -0.2) is 25.5 Å². The second-order valence-corrected chi connectivity index (χ2v) is 4.40. The van der Waals surface area contributed by atoms with Crippen molar-refractivity contribution in [2.24, 2.45) is 22.9 Å². The molecule has 0 aromatic carbocycles. The first-order chi connectivity index (χ1) is 7.60. The molecule has 0 heterocycles. The van der Waals surface area contributed by atoms with Crippen LogP contribution in [0, 0.1) is 0 Å². The smallest absolute Gasteiger partial charge is 0.322 e. The molecule has 2 atom stereocenters. The van der Waals surface area contributed by atoms with Gasteiger partial charge in [-0.15, -0.1) is 0 Å². The molecule has 8 N–H and O–H groups in total. The maximum atomic E-state index is 11.3. The molecule has 0 fully saturated rings. The Kier molecular flexibility index (Phi) is 10.2. The fourth-order valence-corrected chi connectivity index (χ4v) is 1.82. The van der Waals surface area contributed by atoms with Crippen molar-refractivity contribution >= 4 is 8.25 Å². The summed E-state index contributed by atoms with van der Waals surface area (Å²) in [5.74, 6) is 0. The zero-order chi connectivity index (χ0) is 12.4. The molecular formula is C8H23N4O3P. The van der Waals surface area contributed by atoms with E-state index in [1.807, 2.05) is 0 Å². The monoisotopic (exact) mass is 254 g/mol. The normalized spacial score (nSPS) is 17.0. The zero-order valence-electron chi connectivity index (χ0n) is 9.43. The largest absolute Gasteiger partial charge is 0.330 e. The molecule has 0 aliphatic carbocycles. The van der Waals surface area contributed by atoms with Gasteiger partial charge in [-0.3, -0.25) is 13.6 Å². The third-order valence-electron chi connectivity index (χ3n) is 1.88. The van der Waals surface area contributed by atoms with Gasteiger partial charge in [0, 0.05) is 0 Å². The van der Waals surface area contributed by atoms with Gasteiger partial charge in [-0.1, -0.05) is 0 Å². The number of hydrogen-bond acceptors (Lipinski definition) is 7. The van der Waals surface area contributed by atoms with Crippen LogP contribution in [0.4, 0.5) is 0 Å². The molecule has 0 aromatic heterocycles. The van der Waals surface area contributed by atoms with E-state index in [4.69, 9.17) is 32.0 Å². The molecule has 0 spiro atoms. The van der Waals surface area contributed by atoms with Crippen LogP contribution in [0.5, 0.6) is 0 Å². The van der Waals surface area contributed by atoms with E-state index in [0.717, 1.165) is 12.8 Å². The Labute approximate surface area is 96.8 Å². The standard InChI is InChI=1S/C8H23N4O3P/c9-5-1-3-7(11)14-16(13)15-8(12)4-2-6-10/h7-8,16H,1-6,9-12H2. The fourth-order valence-electron chi connectivity index (χ4n) is 1.03. The molecule has 0 saturated heterocycles. The summed E-state index contributed by atoms with van der Waals surface area (Å²) in [6.07, 6.45) is 1.31. The highest BCUT2D eigenvalue weighted by Gasteiger charge is 2.11. The summed E-state index contributed by atoms with van der Waals surface area (Å²) in [6.45, 7) is 1.05. The molecule has 2 unspecified atom stereocenters. The summed E-state index contributed by atoms with van der Waals surface area (Å²) in [7, 11) is -2.63. The van der Waals surface area contributed by atoms with E-state index < -0.39 is 20.7 Å². The van der Waals surface area contributed by atoms with Gasteiger partial charge < -0.3 is 22.9 Å². The molecule has 0 radical (unpaired) electrons. The van der Waals surface area contributed by atoms with E-state index in [9.17, 15) is 4.57 Å². The van der Waals surface area contributed by atoms with Crippen molar-refractivity contribution in [3.8, 4) is 0 Å². The van der Waals surface area contributed by atoms with Crippen LogP contribution in [-0.2, 0) is 13.6 Å². The first-order valence-electron chi connectivity index (χ1n) is 5.38. The average molecular weight is 254 g/mol. The first kappa shape index (κ1) is 16.0. The molecule has 0 bridgehead atoms. The SMILES string of the molecule is NCCCC(N)O[PH](=O)OC(N)CCCN. The van der Waals surface area contributed by atoms with Gasteiger partial charge in [0.05, 0.1) is 0 Å². The lowest BCUT2D eigenvalue weighted by Gasteiger charge is -2.15. The highest BCUT2D eigenvalue weighted by Crippen LogP contribution is 2.27. The highest BCUT2D eigenvalue weighted by molar-refractivity contribution is 7.33. The summed E-state index contributed by atoms with van der Waals surface area (Å²) in [5.41, 5.74) is 21.7. The van der Waals surface area contributed by atoms with E-state index in [0.29, 0.717) is 25.9 Å². The maximum Gasteiger partial charge on any atom is 0.322 e. The van der Waals surface area contributed by atoms with Crippen LogP contribution in [0.15, 0.2) is 0 Å². The van der Waals surface area contributed by atoms with Crippen LogP contribution < -0.4 is 22.9 Å². The summed E-state index contributed by atoms with van der Waals surface area (Å²) in [5, 5.41) is 0. The lowest BCUT2D eigenvalue weighted by Crippen LogP contribution is -2.25. The van der Waals surface area contributed by atoms with Crippen molar-refractivity contribution in [1.82, 2.24) is 0 Å². The van der Waals surface area contributed by atoms with Crippen molar-refractivity contribution in [2.75, 3.05) is 13.1 Å². The minimum absolute atomic E-state index is 0.523. The van der Waals surface area contributed by atoms with Crippen molar-refractivity contribution in [3.05, 3.63) is 0 Å². The molecule has 0 saturated carbocycles. The minimum Gasteiger partial charge on any atom is -0.330 e. The topological polar surface area (TPSA) is 140 Å². The van der Waals surface area contributed by atoms with Crippen LogP contribution in [0.3, 0.4) is 0 Å². The van der Waals surface area contributed by atoms with E-state index in [-0.39, 0.29) is 0 Å². The molecule has 0 aliphatic rings. The summed E-state index contributed by atoms with van der Waals surface area (Å²) < 4.78 is 21.2. The second-order valence-electron chi connectivity index (χ2n) is 3.42. The molecule has 7 nitrogen and oxygen atoms in total. The van der Waals surface area contributed by atoms with E-state index in [1.165, 1.54) is 0 Å². The van der Waals surface area contributed by atoms with E-state index in [1.54, 1.807) is 0 Å². The lowest BCUT2D eigenvalue weighted by atomic mass is 10.3. The molecule has 0 amide bonds. The van der Waals surface area contributed by atoms with Crippen LogP contribution in [0.2, 0.25) is 0 Å². The quantitative estimate of drug-likeness (QED) is 0.303. The number of hydrogen-bond donors (Lipinski definition) is 4. The Balaban J connectivity index is 3.63. The maximum absolute atomic E-state index is 11.3. The highest BCUT2D eigenvalue weighted by atomic mass is 31.1. The summed E-state index contributed by atoms with van der Waals surface area (Å²) in [6, 6.07) is 0. The molecule has 98 valence electrons. The Morgan fingerprint density at radius 1 is 0.938 bits per heavy atom. The summed E-state index contributed by atoms with van der Waals surface area (Å²) >= 11 is 0. The van der Waals surface area contributed by atoms with Gasteiger partial charge in [-0.05, 0) is 38.8 Å². The van der Waals surface area contributed by atoms with Gasteiger partial charge in [-0.25, -0.2) is 0 Å². The van der Waals surface area contributed by atoms with Crippen molar-refractivity contribution < 1.29 is 13.6 Å². The van der Waals surface area contributed by atoms with Crippen molar-refractivity contribution in [3.63, 3.8) is 0 Å². The van der Waals surface area contributed by atoms with Crippen molar-refractivity contribution in [1.29, 1.82) is 0 Å². The van der Waals surface area contributed by atoms with Gasteiger partial charge in [0.15, 0.2) is 0 Å². The summed E-state index contributed by atoms with van der Waals surface area (Å²) in [4.78, 5) is 0. The minimum atomic E-state index is -2.63. The first-order valence-corrected chi connectivity index (χ1v) is 6.61. The predicted octanol–water partition coefficient (Wildman–Crippen LogP) is -0.543. The molecule has 0 rings (SSSR count). The number of rotatable bonds is 10. The van der Waals surface area contributed by atoms with Crippen LogP contribution in [0.1, 0.15) is 25.7 Å². The van der Waals surface area contributed by atoms with Crippen LogP contribution in [0.25, 0.3) is 0 Å². The van der Waals surface area contributed by atoms with Crippen LogP contribution >= 0.6 is 8.25 Å². The van der Waals surface area contributed by atoms with E-state index in [2.05, 4.69) is 0 Å². The van der Waals surface area contributed by atoms with E-state index >= 15 is 0 Å². The Morgan fingerprint density at radius 2 is 1.31 bits per heavy atom. The Morgan fingerprint density at radius 3 is 1.62 bits per heavy atom. The third-order valence-corrected chi connectivity index (χ3v) is 2.87. The molecule has 0 aromatic rings. The van der Waals surface area contributed by atoms with Gasteiger partial charge >= 0.3 is 8.25 Å². The zero-order valence-corrected chi connectivity index (χ0v) is 10.4. The lowest BCUT2D eigenvalue weighted by molar-refractivity contribution is 0.124. The second kappa shape index (κ2) is 10.2. The average Bonchev–Trinajstić information content (AvgIpc) is 2.23. The molecular weight excluding hydrogens is 231 g/mol. The Bertz CT molecular complexity index is 178. The van der Waals surface area contributed by atoms with Gasteiger partial charge in [-0.2, -0.15) is 0 Å².